The summed E-state index contributed by atoms with van der Waals surface area (Å²) in [6, 6.07) is 7.73. The molecule has 0 saturated heterocycles. The molecule has 3 heterocycles. The molecule has 0 aromatic carbocycles. The maximum Gasteiger partial charge on any atom is 0.186 e. The molecule has 0 radical (unpaired) electrons. The summed E-state index contributed by atoms with van der Waals surface area (Å²) in [5.74, 6) is 1.83. The Hall–Kier alpha value is -2.01. The zero-order chi connectivity index (χ0) is 13.1. The Morgan fingerprint density at radius 1 is 1.11 bits per heavy atom. The van der Waals surface area contributed by atoms with Gasteiger partial charge in [0.25, 0.3) is 0 Å². The zero-order valence-electron chi connectivity index (χ0n) is 10.6. The van der Waals surface area contributed by atoms with Crippen molar-refractivity contribution in [1.29, 1.82) is 0 Å². The molecule has 3 rings (SSSR count). The third-order valence-electron chi connectivity index (χ3n) is 2.73. The summed E-state index contributed by atoms with van der Waals surface area (Å²) in [4.78, 5) is 7.78. The smallest absolute Gasteiger partial charge is 0.186 e. The van der Waals surface area contributed by atoms with E-state index in [1.807, 2.05) is 30.5 Å². The first-order valence-electron chi connectivity index (χ1n) is 6.03. The Bertz CT molecular complexity index is 577. The second kappa shape index (κ2) is 5.32. The van der Waals surface area contributed by atoms with Crippen molar-refractivity contribution in [2.75, 3.05) is 4.90 Å². The molecule has 19 heavy (non-hydrogen) atoms. The maximum absolute atomic E-state index is 5.42. The van der Waals surface area contributed by atoms with E-state index >= 15 is 0 Å². The van der Waals surface area contributed by atoms with Gasteiger partial charge >= 0.3 is 0 Å². The van der Waals surface area contributed by atoms with Crippen LogP contribution in [0.5, 0.6) is 0 Å². The van der Waals surface area contributed by atoms with Gasteiger partial charge in [0.05, 0.1) is 25.6 Å². The molecule has 0 atom stereocenters. The van der Waals surface area contributed by atoms with E-state index in [2.05, 4.69) is 16.8 Å². The Morgan fingerprint density at radius 3 is 2.16 bits per heavy atom. The fourth-order valence-electron chi connectivity index (χ4n) is 1.86. The molecule has 0 saturated carbocycles. The number of hydrogen-bond donors (Lipinski definition) is 0. The van der Waals surface area contributed by atoms with Gasteiger partial charge in [-0.1, -0.05) is 0 Å². The van der Waals surface area contributed by atoms with E-state index in [4.69, 9.17) is 8.83 Å². The molecule has 0 fully saturated rings. The molecule has 0 unspecified atom stereocenters. The largest absolute Gasteiger partial charge is 0.467 e. The van der Waals surface area contributed by atoms with Crippen LogP contribution in [-0.2, 0) is 13.1 Å². The molecular formula is C14H14N2O2S. The number of furan rings is 2. The topological polar surface area (TPSA) is 42.4 Å². The number of rotatable bonds is 5. The third kappa shape index (κ3) is 2.88. The Labute approximate surface area is 115 Å². The van der Waals surface area contributed by atoms with Gasteiger partial charge in [-0.2, -0.15) is 0 Å². The standard InChI is InChI=1S/C14H14N2O2S/c1-11-8-15-14(19-11)16(9-12-4-2-6-17-12)10-13-5-3-7-18-13/h2-8H,9-10H2,1H3. The molecule has 5 heteroatoms. The van der Waals surface area contributed by atoms with Crippen molar-refractivity contribution >= 4 is 16.5 Å². The highest BCUT2D eigenvalue weighted by Gasteiger charge is 2.14. The van der Waals surface area contributed by atoms with Gasteiger partial charge in [-0.25, -0.2) is 4.98 Å². The Balaban J connectivity index is 1.82. The first-order valence-corrected chi connectivity index (χ1v) is 6.85. The van der Waals surface area contributed by atoms with Crippen LogP contribution in [0.1, 0.15) is 16.4 Å². The van der Waals surface area contributed by atoms with Gasteiger partial charge in [0.2, 0.25) is 0 Å². The fraction of sp³-hybridized carbons (Fsp3) is 0.214. The van der Waals surface area contributed by atoms with Gasteiger partial charge in [0.1, 0.15) is 11.5 Å². The number of hydrogen-bond acceptors (Lipinski definition) is 5. The van der Waals surface area contributed by atoms with Crippen LogP contribution in [0.2, 0.25) is 0 Å². The van der Waals surface area contributed by atoms with Crippen molar-refractivity contribution in [3.05, 3.63) is 59.4 Å². The minimum absolute atomic E-state index is 0.681. The van der Waals surface area contributed by atoms with Crippen molar-refractivity contribution in [2.24, 2.45) is 0 Å². The van der Waals surface area contributed by atoms with E-state index in [0.29, 0.717) is 13.1 Å². The van der Waals surface area contributed by atoms with Gasteiger partial charge in [-0.15, -0.1) is 11.3 Å². The SMILES string of the molecule is Cc1cnc(N(Cc2ccco2)Cc2ccco2)s1. The molecular weight excluding hydrogens is 260 g/mol. The molecule has 0 aliphatic rings. The summed E-state index contributed by atoms with van der Waals surface area (Å²) >= 11 is 1.67. The second-order valence-corrected chi connectivity index (χ2v) is 5.48. The predicted octanol–water partition coefficient (Wildman–Crippen LogP) is 3.84. The lowest BCUT2D eigenvalue weighted by Crippen LogP contribution is -2.21. The van der Waals surface area contributed by atoms with E-state index in [0.717, 1.165) is 16.7 Å². The van der Waals surface area contributed by atoms with E-state index in [1.54, 1.807) is 23.9 Å². The minimum Gasteiger partial charge on any atom is -0.467 e. The molecule has 0 amide bonds. The summed E-state index contributed by atoms with van der Waals surface area (Å²) in [6.45, 7) is 3.42. The first-order chi connectivity index (χ1) is 9.31. The van der Waals surface area contributed by atoms with E-state index in [1.165, 1.54) is 4.88 Å². The molecule has 0 spiro atoms. The number of thiazole rings is 1. The van der Waals surface area contributed by atoms with Crippen LogP contribution in [-0.4, -0.2) is 4.98 Å². The van der Waals surface area contributed by atoms with E-state index in [9.17, 15) is 0 Å². The number of nitrogens with zero attached hydrogens (tertiary/aromatic N) is 2. The zero-order valence-corrected chi connectivity index (χ0v) is 11.4. The summed E-state index contributed by atoms with van der Waals surface area (Å²) in [6.07, 6.45) is 5.26. The lowest BCUT2D eigenvalue weighted by atomic mass is 10.3. The molecule has 0 aliphatic heterocycles. The lowest BCUT2D eigenvalue weighted by Gasteiger charge is -2.19. The monoisotopic (exact) mass is 274 g/mol. The fourth-order valence-corrected chi connectivity index (χ4v) is 2.62. The molecule has 3 aromatic heterocycles. The van der Waals surface area contributed by atoms with Crippen LogP contribution in [0.15, 0.2) is 51.8 Å². The van der Waals surface area contributed by atoms with Gasteiger partial charge < -0.3 is 13.7 Å². The third-order valence-corrected chi connectivity index (χ3v) is 3.71. The highest BCUT2D eigenvalue weighted by Crippen LogP contribution is 2.25. The van der Waals surface area contributed by atoms with Crippen LogP contribution >= 0.6 is 11.3 Å². The highest BCUT2D eigenvalue weighted by molar-refractivity contribution is 7.15. The van der Waals surface area contributed by atoms with Crippen molar-refractivity contribution < 1.29 is 8.83 Å². The maximum atomic E-state index is 5.42. The van der Waals surface area contributed by atoms with Gasteiger partial charge in [-0.3, -0.25) is 0 Å². The van der Waals surface area contributed by atoms with Crippen molar-refractivity contribution in [3.63, 3.8) is 0 Å². The summed E-state index contributed by atoms with van der Waals surface area (Å²) in [5.41, 5.74) is 0. The summed E-state index contributed by atoms with van der Waals surface area (Å²) < 4.78 is 10.8. The summed E-state index contributed by atoms with van der Waals surface area (Å²) in [5, 5.41) is 0.977. The Morgan fingerprint density at radius 2 is 1.74 bits per heavy atom. The Kier molecular flexibility index (Phi) is 3.37. The van der Waals surface area contributed by atoms with Crippen LogP contribution < -0.4 is 4.90 Å². The molecule has 98 valence electrons. The lowest BCUT2D eigenvalue weighted by molar-refractivity contribution is 0.476. The second-order valence-electron chi connectivity index (χ2n) is 4.27. The molecule has 0 aliphatic carbocycles. The van der Waals surface area contributed by atoms with Gasteiger partial charge in [0.15, 0.2) is 5.13 Å². The normalized spacial score (nSPS) is 10.8. The molecule has 0 N–H and O–H groups in total. The van der Waals surface area contributed by atoms with Gasteiger partial charge in [-0.05, 0) is 31.2 Å². The number of aromatic nitrogens is 1. The molecule has 0 bridgehead atoms. The minimum atomic E-state index is 0.681. The van der Waals surface area contributed by atoms with E-state index in [-0.39, 0.29) is 0 Å². The van der Waals surface area contributed by atoms with Crippen LogP contribution in [0.3, 0.4) is 0 Å². The molecule has 3 aromatic rings. The molecule has 4 nitrogen and oxygen atoms in total. The van der Waals surface area contributed by atoms with Crippen LogP contribution in [0.4, 0.5) is 5.13 Å². The van der Waals surface area contributed by atoms with Crippen molar-refractivity contribution in [3.8, 4) is 0 Å². The number of anilines is 1. The van der Waals surface area contributed by atoms with Crippen LogP contribution in [0, 0.1) is 6.92 Å². The van der Waals surface area contributed by atoms with Crippen LogP contribution in [0.25, 0.3) is 0 Å². The van der Waals surface area contributed by atoms with Crippen molar-refractivity contribution in [2.45, 2.75) is 20.0 Å². The average molecular weight is 274 g/mol. The quantitative estimate of drug-likeness (QED) is 0.709. The average Bonchev–Trinajstić information content (AvgIpc) is 3.09. The predicted molar refractivity (Wildman–Crippen MR) is 74.2 cm³/mol. The summed E-state index contributed by atoms with van der Waals surface area (Å²) in [7, 11) is 0. The van der Waals surface area contributed by atoms with E-state index < -0.39 is 0 Å². The van der Waals surface area contributed by atoms with Crippen molar-refractivity contribution in [1.82, 2.24) is 4.98 Å². The number of aryl methyl sites for hydroxylation is 1. The van der Waals surface area contributed by atoms with Gasteiger partial charge in [0, 0.05) is 11.1 Å². The highest BCUT2D eigenvalue weighted by atomic mass is 32.1. The first kappa shape index (κ1) is 12.0.